The van der Waals surface area contributed by atoms with Crippen molar-refractivity contribution in [3.05, 3.63) is 96.4 Å². The maximum atomic E-state index is 12.7. The van der Waals surface area contributed by atoms with Gasteiger partial charge in [-0.2, -0.15) is 5.10 Å². The molecule has 4 rings (SSSR count). The van der Waals surface area contributed by atoms with Crippen molar-refractivity contribution in [2.24, 2.45) is 0 Å². The quantitative estimate of drug-likeness (QED) is 0.308. The van der Waals surface area contributed by atoms with Crippen LogP contribution in [0.25, 0.3) is 16.9 Å². The molecule has 1 unspecified atom stereocenters. The number of ether oxygens (including phenoxy) is 1. The molecule has 2 aromatic heterocycles. The molecule has 8 heteroatoms. The zero-order chi connectivity index (χ0) is 25.3. The highest BCUT2D eigenvalue weighted by atomic mass is 16.5. The zero-order valence-electron chi connectivity index (χ0n) is 20.0. The van der Waals surface area contributed by atoms with Crippen molar-refractivity contribution in [3.8, 4) is 22.7 Å². The molecule has 0 saturated heterocycles. The number of pyridine rings is 1. The van der Waals surface area contributed by atoms with Crippen LogP contribution in [-0.2, 0) is 4.79 Å². The normalized spacial score (nSPS) is 11.6. The van der Waals surface area contributed by atoms with Gasteiger partial charge in [-0.05, 0) is 30.2 Å². The summed E-state index contributed by atoms with van der Waals surface area (Å²) in [5.41, 5.74) is 3.29. The van der Waals surface area contributed by atoms with E-state index in [0.717, 1.165) is 23.1 Å². The Morgan fingerprint density at radius 2 is 1.78 bits per heavy atom. The van der Waals surface area contributed by atoms with Gasteiger partial charge in [0.2, 0.25) is 0 Å². The summed E-state index contributed by atoms with van der Waals surface area (Å²) in [5, 5.41) is 15.9. The van der Waals surface area contributed by atoms with Gasteiger partial charge < -0.3 is 15.2 Å². The SMILES string of the molecule is CCCC(Oc1ccc(-n2cc(-c3ccccc3)cn2)nc1)c1ccccc1C(=O)NCCC(=O)O. The Balaban J connectivity index is 1.49. The lowest BCUT2D eigenvalue weighted by atomic mass is 9.98. The number of carboxylic acid groups (broad SMARTS) is 1. The predicted octanol–water partition coefficient (Wildman–Crippen LogP) is 5.06. The molecule has 0 spiro atoms. The third-order valence-electron chi connectivity index (χ3n) is 5.65. The zero-order valence-corrected chi connectivity index (χ0v) is 20.0. The van der Waals surface area contributed by atoms with Crippen molar-refractivity contribution in [2.75, 3.05) is 6.54 Å². The van der Waals surface area contributed by atoms with Crippen molar-refractivity contribution in [1.82, 2.24) is 20.1 Å². The van der Waals surface area contributed by atoms with E-state index in [1.54, 1.807) is 29.2 Å². The molecule has 0 fully saturated rings. The number of hydrogen-bond donors (Lipinski definition) is 2. The molecule has 2 N–H and O–H groups in total. The lowest BCUT2D eigenvalue weighted by Crippen LogP contribution is -2.27. The summed E-state index contributed by atoms with van der Waals surface area (Å²) < 4.78 is 7.99. The van der Waals surface area contributed by atoms with Gasteiger partial charge in [-0.1, -0.05) is 61.9 Å². The van der Waals surface area contributed by atoms with E-state index in [0.29, 0.717) is 23.6 Å². The molecule has 0 saturated carbocycles. The van der Waals surface area contributed by atoms with Gasteiger partial charge in [-0.3, -0.25) is 9.59 Å². The number of hydrogen-bond acceptors (Lipinski definition) is 5. The number of carboxylic acids is 1. The third kappa shape index (κ3) is 6.15. The smallest absolute Gasteiger partial charge is 0.305 e. The first kappa shape index (κ1) is 24.7. The second-order valence-electron chi connectivity index (χ2n) is 8.27. The largest absolute Gasteiger partial charge is 0.484 e. The first-order chi connectivity index (χ1) is 17.5. The summed E-state index contributed by atoms with van der Waals surface area (Å²) in [6, 6.07) is 20.9. The molecule has 36 heavy (non-hydrogen) atoms. The number of nitrogens with zero attached hydrogens (tertiary/aromatic N) is 3. The fourth-order valence-electron chi connectivity index (χ4n) is 3.87. The molecule has 0 aliphatic rings. The number of amides is 1. The Morgan fingerprint density at radius 1 is 1.00 bits per heavy atom. The van der Waals surface area contributed by atoms with E-state index in [2.05, 4.69) is 22.3 Å². The van der Waals surface area contributed by atoms with E-state index in [4.69, 9.17) is 9.84 Å². The van der Waals surface area contributed by atoms with E-state index in [9.17, 15) is 9.59 Å². The second kappa shape index (κ2) is 11.8. The molecule has 2 heterocycles. The van der Waals surface area contributed by atoms with Gasteiger partial charge in [0.25, 0.3) is 5.91 Å². The van der Waals surface area contributed by atoms with E-state index in [1.165, 1.54) is 0 Å². The molecular formula is C28H28N4O4. The number of nitrogens with one attached hydrogen (secondary N) is 1. The summed E-state index contributed by atoms with van der Waals surface area (Å²) >= 11 is 0. The van der Waals surface area contributed by atoms with Crippen LogP contribution in [0.1, 0.15) is 48.2 Å². The van der Waals surface area contributed by atoms with Gasteiger partial charge in [-0.25, -0.2) is 9.67 Å². The summed E-state index contributed by atoms with van der Waals surface area (Å²) in [4.78, 5) is 28.0. The average Bonchev–Trinajstić information content (AvgIpc) is 3.40. The molecule has 0 aliphatic carbocycles. The van der Waals surface area contributed by atoms with E-state index in [1.807, 2.05) is 60.8 Å². The third-order valence-corrected chi connectivity index (χ3v) is 5.65. The Kier molecular flexibility index (Phi) is 8.08. The number of aliphatic carboxylic acids is 1. The molecular weight excluding hydrogens is 456 g/mol. The van der Waals surface area contributed by atoms with E-state index < -0.39 is 5.97 Å². The van der Waals surface area contributed by atoms with Gasteiger partial charge in [0.05, 0.1) is 18.8 Å². The van der Waals surface area contributed by atoms with E-state index in [-0.39, 0.29) is 25.0 Å². The first-order valence-electron chi connectivity index (χ1n) is 11.9. The molecule has 1 amide bonds. The Morgan fingerprint density at radius 3 is 2.50 bits per heavy atom. The van der Waals surface area contributed by atoms with Crippen LogP contribution in [-0.4, -0.2) is 38.3 Å². The second-order valence-corrected chi connectivity index (χ2v) is 8.27. The van der Waals surface area contributed by atoms with Crippen molar-refractivity contribution in [2.45, 2.75) is 32.3 Å². The molecule has 8 nitrogen and oxygen atoms in total. The maximum absolute atomic E-state index is 12.7. The van der Waals surface area contributed by atoms with Crippen molar-refractivity contribution < 1.29 is 19.4 Å². The number of carbonyl (C=O) groups is 2. The van der Waals surface area contributed by atoms with Crippen LogP contribution in [0, 0.1) is 0 Å². The van der Waals surface area contributed by atoms with Gasteiger partial charge in [-0.15, -0.1) is 0 Å². The summed E-state index contributed by atoms with van der Waals surface area (Å²) in [5.74, 6) is -0.0421. The Labute approximate surface area is 209 Å². The highest BCUT2D eigenvalue weighted by Gasteiger charge is 2.20. The van der Waals surface area contributed by atoms with Gasteiger partial charge in [0, 0.05) is 29.4 Å². The minimum atomic E-state index is -0.960. The molecule has 1 atom stereocenters. The van der Waals surface area contributed by atoms with Crippen LogP contribution in [0.5, 0.6) is 5.75 Å². The minimum Gasteiger partial charge on any atom is -0.484 e. The van der Waals surface area contributed by atoms with Gasteiger partial charge >= 0.3 is 5.97 Å². The fourth-order valence-corrected chi connectivity index (χ4v) is 3.87. The van der Waals surface area contributed by atoms with Crippen LogP contribution < -0.4 is 10.1 Å². The average molecular weight is 485 g/mol. The molecule has 0 radical (unpaired) electrons. The van der Waals surface area contributed by atoms with Gasteiger partial charge in [0.1, 0.15) is 11.9 Å². The number of benzene rings is 2. The van der Waals surface area contributed by atoms with E-state index >= 15 is 0 Å². The van der Waals surface area contributed by atoms with Crippen LogP contribution in [0.2, 0.25) is 0 Å². The number of rotatable bonds is 11. The maximum Gasteiger partial charge on any atom is 0.305 e. The number of carbonyl (C=O) groups excluding carboxylic acids is 1. The Hall–Kier alpha value is -4.46. The Bertz CT molecular complexity index is 1300. The molecule has 184 valence electrons. The van der Waals surface area contributed by atoms with Crippen molar-refractivity contribution in [3.63, 3.8) is 0 Å². The van der Waals surface area contributed by atoms with Crippen LogP contribution in [0.4, 0.5) is 0 Å². The highest BCUT2D eigenvalue weighted by molar-refractivity contribution is 5.96. The highest BCUT2D eigenvalue weighted by Crippen LogP contribution is 2.29. The predicted molar refractivity (Wildman–Crippen MR) is 136 cm³/mol. The summed E-state index contributed by atoms with van der Waals surface area (Å²) in [7, 11) is 0. The van der Waals surface area contributed by atoms with Crippen molar-refractivity contribution >= 4 is 11.9 Å². The first-order valence-corrected chi connectivity index (χ1v) is 11.9. The minimum absolute atomic E-state index is 0.0621. The van der Waals surface area contributed by atoms with Gasteiger partial charge in [0.15, 0.2) is 5.82 Å². The molecule has 2 aromatic carbocycles. The van der Waals surface area contributed by atoms with Crippen LogP contribution >= 0.6 is 0 Å². The molecule has 0 bridgehead atoms. The topological polar surface area (TPSA) is 106 Å². The van der Waals surface area contributed by atoms with Crippen LogP contribution in [0.3, 0.4) is 0 Å². The van der Waals surface area contributed by atoms with Crippen LogP contribution in [0.15, 0.2) is 85.3 Å². The lowest BCUT2D eigenvalue weighted by Gasteiger charge is -2.21. The fraction of sp³-hybridized carbons (Fsp3) is 0.214. The monoisotopic (exact) mass is 484 g/mol. The molecule has 0 aliphatic heterocycles. The summed E-state index contributed by atoms with van der Waals surface area (Å²) in [6.45, 7) is 2.11. The standard InChI is InChI=1S/C28H28N4O4/c1-2-8-25(23-11-6-7-12-24(23)28(35)29-16-15-27(33)34)36-22-13-14-26(30-18-22)32-19-21(17-31-32)20-9-4-3-5-10-20/h3-7,9-14,17-19,25H,2,8,15-16H2,1H3,(H,29,35)(H,33,34). The summed E-state index contributed by atoms with van der Waals surface area (Å²) in [6.07, 6.45) is 6.43. The lowest BCUT2D eigenvalue weighted by molar-refractivity contribution is -0.136. The molecule has 4 aromatic rings. The number of aromatic nitrogens is 3. The van der Waals surface area contributed by atoms with Crippen molar-refractivity contribution in [1.29, 1.82) is 0 Å².